The standard InChI is InChI=1S/C17H19N5O3/c1-21-12-6-2-3-7-13(12)25-9-11(17(21)24)10-5-4-8-22-15(10)14(16(18)23)19-20-22/h2-3,6-7,10-11H,4-5,8-9H2,1H3,(H2,18,23)/t10?,11-/m1/s1. The third-order valence-electron chi connectivity index (χ3n) is 5.02. The van der Waals surface area contributed by atoms with E-state index in [1.54, 1.807) is 16.6 Å². The molecule has 130 valence electrons. The van der Waals surface area contributed by atoms with Gasteiger partial charge in [-0.1, -0.05) is 17.3 Å². The van der Waals surface area contributed by atoms with E-state index in [1.807, 2.05) is 24.3 Å². The molecule has 2 aromatic rings. The number of fused-ring (bicyclic) bond motifs is 2. The van der Waals surface area contributed by atoms with Crippen LogP contribution >= 0.6 is 0 Å². The van der Waals surface area contributed by atoms with Gasteiger partial charge in [0.15, 0.2) is 5.69 Å². The summed E-state index contributed by atoms with van der Waals surface area (Å²) >= 11 is 0. The Balaban J connectivity index is 1.74. The number of nitrogens with zero attached hydrogens (tertiary/aromatic N) is 4. The van der Waals surface area contributed by atoms with Crippen molar-refractivity contribution in [1.82, 2.24) is 15.0 Å². The molecule has 2 aliphatic heterocycles. The topological polar surface area (TPSA) is 103 Å². The number of aromatic nitrogens is 3. The Morgan fingerprint density at radius 3 is 2.92 bits per heavy atom. The van der Waals surface area contributed by atoms with E-state index in [0.717, 1.165) is 18.5 Å². The second kappa shape index (κ2) is 5.87. The Kier molecular flexibility index (Phi) is 3.67. The van der Waals surface area contributed by atoms with Crippen molar-refractivity contribution in [3.05, 3.63) is 35.7 Å². The Morgan fingerprint density at radius 1 is 1.32 bits per heavy atom. The van der Waals surface area contributed by atoms with Gasteiger partial charge in [-0.05, 0) is 25.0 Å². The van der Waals surface area contributed by atoms with E-state index in [2.05, 4.69) is 10.3 Å². The van der Waals surface area contributed by atoms with E-state index >= 15 is 0 Å². The van der Waals surface area contributed by atoms with Gasteiger partial charge >= 0.3 is 0 Å². The quantitative estimate of drug-likeness (QED) is 0.875. The van der Waals surface area contributed by atoms with Crippen LogP contribution in [0.15, 0.2) is 24.3 Å². The van der Waals surface area contributed by atoms with Crippen molar-refractivity contribution in [1.29, 1.82) is 0 Å². The minimum Gasteiger partial charge on any atom is -0.491 e. The van der Waals surface area contributed by atoms with Crippen LogP contribution in [0.4, 0.5) is 5.69 Å². The van der Waals surface area contributed by atoms with E-state index < -0.39 is 11.8 Å². The Labute approximate surface area is 144 Å². The molecule has 8 nitrogen and oxygen atoms in total. The Hall–Kier alpha value is -2.90. The molecular formula is C17H19N5O3. The number of carbonyl (C=O) groups is 2. The molecule has 1 aromatic heterocycles. The molecule has 2 amide bonds. The summed E-state index contributed by atoms with van der Waals surface area (Å²) in [6, 6.07) is 7.46. The number of rotatable bonds is 2. The van der Waals surface area contributed by atoms with Crippen LogP contribution in [0.25, 0.3) is 0 Å². The van der Waals surface area contributed by atoms with Crippen LogP contribution in [0, 0.1) is 5.92 Å². The lowest BCUT2D eigenvalue weighted by atomic mass is 9.82. The fraction of sp³-hybridized carbons (Fsp3) is 0.412. The van der Waals surface area contributed by atoms with Crippen LogP contribution in [0.3, 0.4) is 0 Å². The van der Waals surface area contributed by atoms with Gasteiger partial charge in [-0.25, -0.2) is 4.68 Å². The second-order valence-electron chi connectivity index (χ2n) is 6.44. The fourth-order valence-electron chi connectivity index (χ4n) is 3.78. The van der Waals surface area contributed by atoms with Gasteiger partial charge in [-0.2, -0.15) is 0 Å². The number of amides is 2. The molecule has 2 atom stereocenters. The highest BCUT2D eigenvalue weighted by Gasteiger charge is 2.40. The van der Waals surface area contributed by atoms with Crippen LogP contribution in [-0.4, -0.2) is 40.5 Å². The molecule has 0 bridgehead atoms. The van der Waals surface area contributed by atoms with Crippen LogP contribution in [0.1, 0.15) is 34.9 Å². The maximum atomic E-state index is 13.1. The number of hydrogen-bond donors (Lipinski definition) is 1. The molecule has 1 unspecified atom stereocenters. The molecule has 1 aromatic carbocycles. The van der Waals surface area contributed by atoms with E-state index in [4.69, 9.17) is 10.5 Å². The summed E-state index contributed by atoms with van der Waals surface area (Å²) in [6.45, 7) is 0.915. The summed E-state index contributed by atoms with van der Waals surface area (Å²) in [6.07, 6.45) is 1.62. The van der Waals surface area contributed by atoms with Crippen LogP contribution in [0.5, 0.6) is 5.75 Å². The average Bonchev–Trinajstić information content (AvgIpc) is 3.01. The van der Waals surface area contributed by atoms with Crippen molar-refractivity contribution in [3.63, 3.8) is 0 Å². The second-order valence-corrected chi connectivity index (χ2v) is 6.44. The van der Waals surface area contributed by atoms with Crippen molar-refractivity contribution in [2.24, 2.45) is 11.7 Å². The van der Waals surface area contributed by atoms with Gasteiger partial charge in [0.2, 0.25) is 5.91 Å². The first kappa shape index (κ1) is 15.6. The van der Waals surface area contributed by atoms with E-state index in [1.165, 1.54) is 0 Å². The molecule has 0 radical (unpaired) electrons. The average molecular weight is 341 g/mol. The van der Waals surface area contributed by atoms with E-state index in [9.17, 15) is 9.59 Å². The van der Waals surface area contributed by atoms with Crippen molar-refractivity contribution < 1.29 is 14.3 Å². The Bertz CT molecular complexity index is 847. The molecule has 25 heavy (non-hydrogen) atoms. The monoisotopic (exact) mass is 341 g/mol. The molecule has 0 saturated heterocycles. The highest BCUT2D eigenvalue weighted by molar-refractivity contribution is 5.98. The molecule has 2 aliphatic rings. The molecule has 8 heteroatoms. The molecule has 0 spiro atoms. The third kappa shape index (κ3) is 2.45. The van der Waals surface area contributed by atoms with Gasteiger partial charge in [-0.3, -0.25) is 9.59 Å². The number of primary amides is 1. The molecule has 3 heterocycles. The molecule has 0 fully saturated rings. The van der Waals surface area contributed by atoms with Crippen molar-refractivity contribution in [3.8, 4) is 5.75 Å². The predicted molar refractivity (Wildman–Crippen MR) is 89.4 cm³/mol. The van der Waals surface area contributed by atoms with E-state index in [0.29, 0.717) is 18.0 Å². The number of ether oxygens (including phenoxy) is 1. The zero-order valence-corrected chi connectivity index (χ0v) is 13.9. The van der Waals surface area contributed by atoms with Crippen molar-refractivity contribution in [2.75, 3.05) is 18.6 Å². The van der Waals surface area contributed by atoms with Crippen LogP contribution < -0.4 is 15.4 Å². The maximum Gasteiger partial charge on any atom is 0.271 e. The van der Waals surface area contributed by atoms with Gasteiger partial charge in [-0.15, -0.1) is 5.10 Å². The minimum absolute atomic E-state index is 0.0416. The highest BCUT2D eigenvalue weighted by Crippen LogP contribution is 2.40. The lowest BCUT2D eigenvalue weighted by molar-refractivity contribution is -0.123. The van der Waals surface area contributed by atoms with Crippen LogP contribution in [0.2, 0.25) is 0 Å². The lowest BCUT2D eigenvalue weighted by Gasteiger charge is -2.30. The van der Waals surface area contributed by atoms with Crippen molar-refractivity contribution in [2.45, 2.75) is 25.3 Å². The van der Waals surface area contributed by atoms with Gasteiger partial charge < -0.3 is 15.4 Å². The number of anilines is 1. The zero-order valence-electron chi connectivity index (χ0n) is 13.9. The number of carbonyl (C=O) groups excluding carboxylic acids is 2. The van der Waals surface area contributed by atoms with Gasteiger partial charge in [0, 0.05) is 19.5 Å². The molecule has 0 aliphatic carbocycles. The largest absolute Gasteiger partial charge is 0.491 e. The highest BCUT2D eigenvalue weighted by atomic mass is 16.5. The summed E-state index contributed by atoms with van der Waals surface area (Å²) in [5, 5.41) is 7.95. The summed E-state index contributed by atoms with van der Waals surface area (Å²) in [7, 11) is 1.75. The normalized spacial score (nSPS) is 22.6. The number of aryl methyl sites for hydroxylation is 1. The predicted octanol–water partition coefficient (Wildman–Crippen LogP) is 0.926. The lowest BCUT2D eigenvalue weighted by Crippen LogP contribution is -2.39. The number of nitrogens with two attached hydrogens (primary N) is 1. The summed E-state index contributed by atoms with van der Waals surface area (Å²) < 4.78 is 7.61. The Morgan fingerprint density at radius 2 is 2.12 bits per heavy atom. The molecule has 2 N–H and O–H groups in total. The minimum atomic E-state index is -0.619. The van der Waals surface area contributed by atoms with E-state index in [-0.39, 0.29) is 24.1 Å². The van der Waals surface area contributed by atoms with Crippen molar-refractivity contribution >= 4 is 17.5 Å². The fourth-order valence-corrected chi connectivity index (χ4v) is 3.78. The van der Waals surface area contributed by atoms with Gasteiger partial charge in [0.25, 0.3) is 5.91 Å². The molecule has 0 saturated carbocycles. The van der Waals surface area contributed by atoms with Gasteiger partial charge in [0.05, 0.1) is 17.3 Å². The first-order chi connectivity index (χ1) is 12.1. The maximum absolute atomic E-state index is 13.1. The van der Waals surface area contributed by atoms with Gasteiger partial charge in [0.1, 0.15) is 12.4 Å². The number of para-hydroxylation sites is 2. The summed E-state index contributed by atoms with van der Waals surface area (Å²) in [5.41, 5.74) is 7.00. The van der Waals surface area contributed by atoms with Crippen LogP contribution in [-0.2, 0) is 11.3 Å². The summed E-state index contributed by atoms with van der Waals surface area (Å²) in [5.74, 6) is -0.603. The SMILES string of the molecule is CN1C(=O)[C@@H](C2CCCn3nnc(C(N)=O)c32)COc2ccccc21. The number of benzene rings is 1. The summed E-state index contributed by atoms with van der Waals surface area (Å²) in [4.78, 5) is 26.5. The third-order valence-corrected chi connectivity index (χ3v) is 5.02. The number of hydrogen-bond acceptors (Lipinski definition) is 5. The smallest absolute Gasteiger partial charge is 0.271 e. The molecular weight excluding hydrogens is 322 g/mol. The first-order valence-corrected chi connectivity index (χ1v) is 8.30. The first-order valence-electron chi connectivity index (χ1n) is 8.30. The molecule has 4 rings (SSSR count). The zero-order chi connectivity index (χ0) is 17.6.